The maximum Gasteiger partial charge on any atom is 0.237 e. The normalized spacial score (nSPS) is 22.6. The number of nitrogens with one attached hydrogen (secondary N) is 1. The Bertz CT molecular complexity index is 621. The van der Waals surface area contributed by atoms with Crippen LogP contribution in [0.5, 0.6) is 0 Å². The topological polar surface area (TPSA) is 66.5 Å². The number of sulfone groups is 1. The van der Waals surface area contributed by atoms with E-state index in [1.165, 1.54) is 0 Å². The average molecular weight is 389 g/mol. The number of amides is 1. The van der Waals surface area contributed by atoms with E-state index < -0.39 is 15.6 Å². The monoisotopic (exact) mass is 388 g/mol. The van der Waals surface area contributed by atoms with Gasteiger partial charge in [0.05, 0.1) is 5.75 Å². The molecule has 1 aromatic rings. The van der Waals surface area contributed by atoms with Gasteiger partial charge < -0.3 is 10.2 Å². The van der Waals surface area contributed by atoms with Crippen molar-refractivity contribution in [3.8, 4) is 0 Å². The molecule has 1 aromatic carbocycles. The zero-order valence-corrected chi connectivity index (χ0v) is 15.2. The summed E-state index contributed by atoms with van der Waals surface area (Å²) in [7, 11) is -3.46. The first-order valence-electron chi connectivity index (χ1n) is 7.24. The van der Waals surface area contributed by atoms with Crippen molar-refractivity contribution in [2.24, 2.45) is 0 Å². The first kappa shape index (κ1) is 17.4. The van der Waals surface area contributed by atoms with E-state index in [-0.39, 0.29) is 23.7 Å². The lowest BCUT2D eigenvalue weighted by molar-refractivity contribution is -0.130. The summed E-state index contributed by atoms with van der Waals surface area (Å²) in [6, 6.07) is 7.46. The van der Waals surface area contributed by atoms with E-state index in [2.05, 4.69) is 21.2 Å². The van der Waals surface area contributed by atoms with Gasteiger partial charge in [-0.05, 0) is 31.5 Å². The van der Waals surface area contributed by atoms with Crippen LogP contribution in [0.3, 0.4) is 0 Å². The fourth-order valence-electron chi connectivity index (χ4n) is 2.70. The quantitative estimate of drug-likeness (QED) is 0.849. The van der Waals surface area contributed by atoms with Gasteiger partial charge in [0.2, 0.25) is 5.91 Å². The van der Waals surface area contributed by atoms with Crippen LogP contribution in [0.15, 0.2) is 28.7 Å². The molecule has 1 amide bonds. The Morgan fingerprint density at radius 3 is 2.32 bits per heavy atom. The highest BCUT2D eigenvalue weighted by atomic mass is 79.9. The van der Waals surface area contributed by atoms with Crippen LogP contribution in [0.1, 0.15) is 19.4 Å². The Morgan fingerprint density at radius 2 is 1.77 bits per heavy atom. The number of carbonyl (C=O) groups excluding carboxylic acids is 1. The molecule has 0 spiro atoms. The molecule has 2 rings (SSSR count). The van der Waals surface area contributed by atoms with Gasteiger partial charge in [-0.15, -0.1) is 0 Å². The number of piperazine rings is 1. The van der Waals surface area contributed by atoms with Crippen LogP contribution in [-0.4, -0.2) is 50.2 Å². The predicted octanol–water partition coefficient (Wildman–Crippen LogP) is 1.57. The van der Waals surface area contributed by atoms with Crippen molar-refractivity contribution in [1.82, 2.24) is 10.2 Å². The van der Waals surface area contributed by atoms with E-state index in [1.807, 2.05) is 13.8 Å². The van der Waals surface area contributed by atoms with Crippen LogP contribution in [-0.2, 0) is 20.4 Å². The molecule has 1 fully saturated rings. The summed E-state index contributed by atoms with van der Waals surface area (Å²) >= 11 is 3.31. The van der Waals surface area contributed by atoms with Crippen LogP contribution >= 0.6 is 15.9 Å². The van der Waals surface area contributed by atoms with Gasteiger partial charge in [0.15, 0.2) is 9.84 Å². The molecule has 2 atom stereocenters. The highest BCUT2D eigenvalue weighted by Crippen LogP contribution is 2.14. The molecule has 0 saturated carbocycles. The van der Waals surface area contributed by atoms with Gasteiger partial charge in [0.1, 0.15) is 5.75 Å². The van der Waals surface area contributed by atoms with E-state index in [4.69, 9.17) is 0 Å². The molecule has 0 aromatic heterocycles. The molecule has 22 heavy (non-hydrogen) atoms. The number of rotatable bonds is 4. The third-order valence-electron chi connectivity index (χ3n) is 3.55. The summed E-state index contributed by atoms with van der Waals surface area (Å²) < 4.78 is 25.3. The van der Waals surface area contributed by atoms with E-state index in [0.717, 1.165) is 4.47 Å². The standard InChI is InChI=1S/C15H21BrN2O3S/c1-11-7-18(8-12(2)17-11)15(19)10-22(20,21)9-13-3-5-14(16)6-4-13/h3-6,11-12,17H,7-10H2,1-2H3. The van der Waals surface area contributed by atoms with Crippen LogP contribution in [0, 0.1) is 0 Å². The van der Waals surface area contributed by atoms with Crippen molar-refractivity contribution in [2.75, 3.05) is 18.8 Å². The zero-order valence-electron chi connectivity index (χ0n) is 12.8. The fourth-order valence-corrected chi connectivity index (χ4v) is 4.32. The van der Waals surface area contributed by atoms with E-state index in [0.29, 0.717) is 18.7 Å². The summed E-state index contributed by atoms with van der Waals surface area (Å²) in [6.45, 7) is 5.09. The molecule has 1 aliphatic heterocycles. The third-order valence-corrected chi connectivity index (χ3v) is 5.54. The molecular formula is C15H21BrN2O3S. The molecule has 0 bridgehead atoms. The number of nitrogens with zero attached hydrogens (tertiary/aromatic N) is 1. The molecule has 0 aliphatic carbocycles. The third kappa shape index (κ3) is 5.07. The molecule has 1 aliphatic rings. The second kappa shape index (κ2) is 7.10. The lowest BCUT2D eigenvalue weighted by atomic mass is 10.1. The molecule has 5 nitrogen and oxygen atoms in total. The minimum absolute atomic E-state index is 0.108. The van der Waals surface area contributed by atoms with Crippen LogP contribution in [0.4, 0.5) is 0 Å². The van der Waals surface area contributed by atoms with Crippen molar-refractivity contribution >= 4 is 31.7 Å². The number of hydrogen-bond donors (Lipinski definition) is 1. The molecule has 0 radical (unpaired) electrons. The Morgan fingerprint density at radius 1 is 1.23 bits per heavy atom. The van der Waals surface area contributed by atoms with Crippen LogP contribution < -0.4 is 5.32 Å². The maximum absolute atomic E-state index is 12.3. The van der Waals surface area contributed by atoms with E-state index in [1.54, 1.807) is 29.2 Å². The van der Waals surface area contributed by atoms with Crippen molar-refractivity contribution in [1.29, 1.82) is 0 Å². The summed E-state index contributed by atoms with van der Waals surface area (Å²) in [5, 5.41) is 3.32. The van der Waals surface area contributed by atoms with Gasteiger partial charge in [-0.1, -0.05) is 28.1 Å². The second-order valence-corrected chi connectivity index (χ2v) is 8.91. The molecular weight excluding hydrogens is 368 g/mol. The summed E-state index contributed by atoms with van der Waals surface area (Å²) in [5.74, 6) is -0.844. The maximum atomic E-state index is 12.3. The van der Waals surface area contributed by atoms with Crippen LogP contribution in [0.2, 0.25) is 0 Å². The molecule has 1 N–H and O–H groups in total. The predicted molar refractivity (Wildman–Crippen MR) is 90.3 cm³/mol. The van der Waals surface area contributed by atoms with Crippen molar-refractivity contribution in [2.45, 2.75) is 31.7 Å². The number of hydrogen-bond acceptors (Lipinski definition) is 4. The number of carbonyl (C=O) groups is 1. The van der Waals surface area contributed by atoms with Gasteiger partial charge in [-0.2, -0.15) is 0 Å². The molecule has 1 heterocycles. The van der Waals surface area contributed by atoms with Crippen molar-refractivity contribution in [3.05, 3.63) is 34.3 Å². The minimum atomic E-state index is -3.46. The Labute approximate surface area is 140 Å². The first-order chi connectivity index (χ1) is 10.2. The SMILES string of the molecule is CC1CN(C(=O)CS(=O)(=O)Cc2ccc(Br)cc2)CC(C)N1. The molecule has 7 heteroatoms. The smallest absolute Gasteiger partial charge is 0.237 e. The van der Waals surface area contributed by atoms with Gasteiger partial charge in [-0.25, -0.2) is 8.42 Å². The lowest BCUT2D eigenvalue weighted by Crippen LogP contribution is -2.56. The molecule has 122 valence electrons. The second-order valence-electron chi connectivity index (χ2n) is 5.93. The van der Waals surface area contributed by atoms with Crippen molar-refractivity contribution < 1.29 is 13.2 Å². The highest BCUT2D eigenvalue weighted by molar-refractivity contribution is 9.10. The first-order valence-corrected chi connectivity index (χ1v) is 9.85. The number of benzene rings is 1. The van der Waals surface area contributed by atoms with Gasteiger partial charge in [0, 0.05) is 29.6 Å². The Hall–Kier alpha value is -0.920. The largest absolute Gasteiger partial charge is 0.339 e. The summed E-state index contributed by atoms with van der Waals surface area (Å²) in [4.78, 5) is 13.9. The highest BCUT2D eigenvalue weighted by Gasteiger charge is 2.27. The van der Waals surface area contributed by atoms with Gasteiger partial charge in [-0.3, -0.25) is 4.79 Å². The van der Waals surface area contributed by atoms with E-state index in [9.17, 15) is 13.2 Å². The van der Waals surface area contributed by atoms with Crippen molar-refractivity contribution in [3.63, 3.8) is 0 Å². The Balaban J connectivity index is 1.98. The Kier molecular flexibility index (Phi) is 5.63. The lowest BCUT2D eigenvalue weighted by Gasteiger charge is -2.36. The number of halogens is 1. The van der Waals surface area contributed by atoms with Gasteiger partial charge in [0.25, 0.3) is 0 Å². The average Bonchev–Trinajstić information content (AvgIpc) is 2.39. The van der Waals surface area contributed by atoms with E-state index >= 15 is 0 Å². The van der Waals surface area contributed by atoms with Crippen LogP contribution in [0.25, 0.3) is 0 Å². The minimum Gasteiger partial charge on any atom is -0.339 e. The zero-order chi connectivity index (χ0) is 16.3. The molecule has 1 saturated heterocycles. The molecule has 2 unspecified atom stereocenters. The summed E-state index contributed by atoms with van der Waals surface area (Å²) in [5.41, 5.74) is 0.693. The van der Waals surface area contributed by atoms with Gasteiger partial charge >= 0.3 is 0 Å². The summed E-state index contributed by atoms with van der Waals surface area (Å²) in [6.07, 6.45) is 0. The fraction of sp³-hybridized carbons (Fsp3) is 0.533.